The van der Waals surface area contributed by atoms with E-state index in [1.54, 1.807) is 0 Å². The van der Waals surface area contributed by atoms with Gasteiger partial charge in [0.2, 0.25) is 0 Å². The number of halogens is 1. The fraction of sp³-hybridized carbons (Fsp3) is 1.00. The molecule has 2 nitrogen and oxygen atoms in total. The number of likely N-dealkylation sites (N-methyl/N-ethyl adjacent to an activating group) is 1. The van der Waals surface area contributed by atoms with Gasteiger partial charge < -0.3 is 4.74 Å². The summed E-state index contributed by atoms with van der Waals surface area (Å²) >= 11 is 5.87. The molecule has 0 heterocycles. The molecule has 0 N–H and O–H groups in total. The van der Waals surface area contributed by atoms with E-state index < -0.39 is 0 Å². The van der Waals surface area contributed by atoms with Crippen LogP contribution in [-0.4, -0.2) is 42.1 Å². The molecule has 0 saturated carbocycles. The smallest absolute Gasteiger partial charge is 0.0600 e. The largest absolute Gasteiger partial charge is 0.375 e. The van der Waals surface area contributed by atoms with E-state index in [1.165, 1.54) is 0 Å². The molecule has 0 aliphatic rings. The lowest BCUT2D eigenvalue weighted by Gasteiger charge is -2.34. The highest BCUT2D eigenvalue weighted by Gasteiger charge is 2.22. The summed E-state index contributed by atoms with van der Waals surface area (Å²) in [6.07, 6.45) is 0. The van der Waals surface area contributed by atoms with E-state index in [9.17, 15) is 0 Å². The van der Waals surface area contributed by atoms with Crippen LogP contribution in [0.1, 0.15) is 34.6 Å². The van der Waals surface area contributed by atoms with Crippen LogP contribution in [0.15, 0.2) is 0 Å². The SMILES string of the molecule is CN(CCOC(C)(C)C)C(C)(C)CCl. The van der Waals surface area contributed by atoms with Crippen molar-refractivity contribution in [2.75, 3.05) is 26.1 Å². The van der Waals surface area contributed by atoms with E-state index in [0.29, 0.717) is 5.88 Å². The predicted molar refractivity (Wildman–Crippen MR) is 63.1 cm³/mol. The lowest BCUT2D eigenvalue weighted by atomic mass is 10.1. The van der Waals surface area contributed by atoms with Crippen LogP contribution in [0, 0.1) is 0 Å². The molecule has 0 aliphatic carbocycles. The summed E-state index contributed by atoms with van der Waals surface area (Å²) in [6, 6.07) is 0. The third-order valence-corrected chi connectivity index (χ3v) is 2.98. The topological polar surface area (TPSA) is 12.5 Å². The molecule has 86 valence electrons. The van der Waals surface area contributed by atoms with Gasteiger partial charge in [-0.2, -0.15) is 0 Å². The number of rotatable bonds is 5. The maximum atomic E-state index is 5.87. The second-order valence-corrected chi connectivity index (χ2v) is 5.60. The Balaban J connectivity index is 3.80. The van der Waals surface area contributed by atoms with Crippen LogP contribution in [0.5, 0.6) is 0 Å². The van der Waals surface area contributed by atoms with Crippen LogP contribution in [0.3, 0.4) is 0 Å². The lowest BCUT2D eigenvalue weighted by Crippen LogP contribution is -2.44. The molecule has 0 bridgehead atoms. The van der Waals surface area contributed by atoms with Crippen LogP contribution in [-0.2, 0) is 4.74 Å². The van der Waals surface area contributed by atoms with E-state index in [2.05, 4.69) is 46.6 Å². The monoisotopic (exact) mass is 221 g/mol. The number of hydrogen-bond acceptors (Lipinski definition) is 2. The summed E-state index contributed by atoms with van der Waals surface area (Å²) in [5, 5.41) is 0. The Morgan fingerprint density at radius 3 is 2.00 bits per heavy atom. The van der Waals surface area contributed by atoms with Gasteiger partial charge in [-0.3, -0.25) is 4.90 Å². The zero-order chi connectivity index (χ0) is 11.4. The zero-order valence-electron chi connectivity index (χ0n) is 10.4. The first-order chi connectivity index (χ1) is 6.19. The molecule has 0 rings (SSSR count). The first kappa shape index (κ1) is 14.2. The van der Waals surface area contributed by atoms with Gasteiger partial charge in [0.05, 0.1) is 12.2 Å². The van der Waals surface area contributed by atoms with Crippen molar-refractivity contribution >= 4 is 11.6 Å². The summed E-state index contributed by atoms with van der Waals surface area (Å²) in [5.41, 5.74) is -0.00521. The molecule has 0 unspecified atom stereocenters. The highest BCUT2D eigenvalue weighted by Crippen LogP contribution is 2.14. The van der Waals surface area contributed by atoms with E-state index in [4.69, 9.17) is 16.3 Å². The minimum atomic E-state index is -0.0497. The maximum absolute atomic E-state index is 5.87. The minimum absolute atomic E-state index is 0.0444. The number of alkyl halides is 1. The number of hydrogen-bond donors (Lipinski definition) is 0. The van der Waals surface area contributed by atoms with E-state index in [-0.39, 0.29) is 11.1 Å². The molecule has 0 aromatic carbocycles. The predicted octanol–water partition coefficient (Wildman–Crippen LogP) is 2.75. The summed E-state index contributed by atoms with van der Waals surface area (Å²) in [6.45, 7) is 12.1. The maximum Gasteiger partial charge on any atom is 0.0600 e. The van der Waals surface area contributed by atoms with Crippen molar-refractivity contribution < 1.29 is 4.74 Å². The van der Waals surface area contributed by atoms with Gasteiger partial charge in [0.1, 0.15) is 0 Å². The average molecular weight is 222 g/mol. The molecule has 0 radical (unpaired) electrons. The normalized spacial score (nSPS) is 13.7. The quantitative estimate of drug-likeness (QED) is 0.662. The molecule has 0 aromatic rings. The lowest BCUT2D eigenvalue weighted by molar-refractivity contribution is -0.0187. The van der Waals surface area contributed by atoms with Gasteiger partial charge in [0, 0.05) is 18.0 Å². The Hall–Kier alpha value is 0.210. The van der Waals surface area contributed by atoms with Crippen molar-refractivity contribution in [1.82, 2.24) is 4.90 Å². The molecule has 0 atom stereocenters. The minimum Gasteiger partial charge on any atom is -0.375 e. The van der Waals surface area contributed by atoms with Crippen molar-refractivity contribution in [3.8, 4) is 0 Å². The Morgan fingerprint density at radius 2 is 1.64 bits per heavy atom. The third-order valence-electron chi connectivity index (χ3n) is 2.32. The van der Waals surface area contributed by atoms with Gasteiger partial charge in [-0.05, 0) is 41.7 Å². The highest BCUT2D eigenvalue weighted by atomic mass is 35.5. The standard InChI is InChI=1S/C11H24ClNO/c1-10(2,3)14-8-7-13(6)11(4,5)9-12/h7-9H2,1-6H3. The number of nitrogens with zero attached hydrogens (tertiary/aromatic N) is 1. The second kappa shape index (κ2) is 5.34. The molecule has 0 aliphatic heterocycles. The summed E-state index contributed by atoms with van der Waals surface area (Å²) in [7, 11) is 2.08. The van der Waals surface area contributed by atoms with Crippen molar-refractivity contribution in [1.29, 1.82) is 0 Å². The molecular weight excluding hydrogens is 198 g/mol. The highest BCUT2D eigenvalue weighted by molar-refractivity contribution is 6.18. The average Bonchev–Trinajstić information content (AvgIpc) is 2.02. The van der Waals surface area contributed by atoms with Crippen LogP contribution in [0.25, 0.3) is 0 Å². The molecule has 3 heteroatoms. The number of ether oxygens (including phenoxy) is 1. The first-order valence-corrected chi connectivity index (χ1v) is 5.64. The molecule has 14 heavy (non-hydrogen) atoms. The van der Waals surface area contributed by atoms with Crippen LogP contribution in [0.4, 0.5) is 0 Å². The summed E-state index contributed by atoms with van der Waals surface area (Å²) in [4.78, 5) is 2.23. The Labute approximate surface area is 93.6 Å². The molecule has 0 amide bonds. The van der Waals surface area contributed by atoms with E-state index >= 15 is 0 Å². The van der Waals surface area contributed by atoms with Crippen LogP contribution in [0.2, 0.25) is 0 Å². The van der Waals surface area contributed by atoms with Gasteiger partial charge >= 0.3 is 0 Å². The van der Waals surface area contributed by atoms with Crippen molar-refractivity contribution in [2.24, 2.45) is 0 Å². The van der Waals surface area contributed by atoms with Gasteiger partial charge in [0.15, 0.2) is 0 Å². The fourth-order valence-electron chi connectivity index (χ4n) is 0.893. The Bertz CT molecular complexity index is 163. The van der Waals surface area contributed by atoms with Crippen molar-refractivity contribution in [2.45, 2.75) is 45.8 Å². The van der Waals surface area contributed by atoms with Gasteiger partial charge in [-0.25, -0.2) is 0 Å². The van der Waals surface area contributed by atoms with Crippen molar-refractivity contribution in [3.63, 3.8) is 0 Å². The van der Waals surface area contributed by atoms with E-state index in [0.717, 1.165) is 13.2 Å². The van der Waals surface area contributed by atoms with Crippen LogP contribution >= 0.6 is 11.6 Å². The van der Waals surface area contributed by atoms with E-state index in [1.807, 2.05) is 0 Å². The summed E-state index contributed by atoms with van der Waals surface area (Å²) in [5.74, 6) is 0.638. The third kappa shape index (κ3) is 5.84. The molecular formula is C11H24ClNO. The molecule has 0 saturated heterocycles. The second-order valence-electron chi connectivity index (χ2n) is 5.33. The van der Waals surface area contributed by atoms with Gasteiger partial charge in [-0.15, -0.1) is 11.6 Å². The van der Waals surface area contributed by atoms with Gasteiger partial charge in [0.25, 0.3) is 0 Å². The van der Waals surface area contributed by atoms with Gasteiger partial charge in [-0.1, -0.05) is 0 Å². The first-order valence-electron chi connectivity index (χ1n) is 5.10. The van der Waals surface area contributed by atoms with Crippen LogP contribution < -0.4 is 0 Å². The fourth-order valence-corrected chi connectivity index (χ4v) is 1.10. The molecule has 0 fully saturated rings. The Morgan fingerprint density at radius 1 is 1.14 bits per heavy atom. The Kier molecular flexibility index (Phi) is 5.42. The molecule has 0 spiro atoms. The summed E-state index contributed by atoms with van der Waals surface area (Å²) < 4.78 is 5.65. The molecule has 0 aromatic heterocycles. The van der Waals surface area contributed by atoms with Crippen molar-refractivity contribution in [3.05, 3.63) is 0 Å². The zero-order valence-corrected chi connectivity index (χ0v) is 11.1.